The standard InChI is InChI=1S/C15H14BrFO2/c1-15(18,11-5-3-2-4-6-11)10-19-14-9-12(17)7-8-13(14)16/h2-9,18H,10H2,1H3. The number of hydrogen-bond donors (Lipinski definition) is 1. The lowest BCUT2D eigenvalue weighted by Crippen LogP contribution is -2.29. The maximum absolute atomic E-state index is 13.1. The molecule has 1 N–H and O–H groups in total. The first kappa shape index (κ1) is 14.0. The predicted molar refractivity (Wildman–Crippen MR) is 75.6 cm³/mol. The highest BCUT2D eigenvalue weighted by molar-refractivity contribution is 9.10. The van der Waals surface area contributed by atoms with Crippen LogP contribution < -0.4 is 4.74 Å². The summed E-state index contributed by atoms with van der Waals surface area (Å²) in [5, 5.41) is 10.4. The smallest absolute Gasteiger partial charge is 0.136 e. The zero-order chi connectivity index (χ0) is 13.9. The van der Waals surface area contributed by atoms with Crippen LogP contribution in [-0.2, 0) is 5.60 Å². The number of aliphatic hydroxyl groups is 1. The first-order chi connectivity index (χ1) is 8.99. The van der Waals surface area contributed by atoms with E-state index in [-0.39, 0.29) is 12.4 Å². The number of hydrogen-bond acceptors (Lipinski definition) is 2. The Labute approximate surface area is 120 Å². The Hall–Kier alpha value is -1.39. The fraction of sp³-hybridized carbons (Fsp3) is 0.200. The molecule has 0 aliphatic rings. The van der Waals surface area contributed by atoms with E-state index in [4.69, 9.17) is 4.74 Å². The second-order valence-corrected chi connectivity index (χ2v) is 5.36. The molecule has 2 nitrogen and oxygen atoms in total. The van der Waals surface area contributed by atoms with Gasteiger partial charge in [-0.25, -0.2) is 4.39 Å². The molecule has 100 valence electrons. The normalized spacial score (nSPS) is 13.9. The molecule has 0 amide bonds. The van der Waals surface area contributed by atoms with E-state index in [1.807, 2.05) is 30.3 Å². The lowest BCUT2D eigenvalue weighted by atomic mass is 9.97. The van der Waals surface area contributed by atoms with Crippen LogP contribution in [-0.4, -0.2) is 11.7 Å². The van der Waals surface area contributed by atoms with Gasteiger partial charge in [0.2, 0.25) is 0 Å². The molecule has 0 radical (unpaired) electrons. The van der Waals surface area contributed by atoms with Gasteiger partial charge in [-0.15, -0.1) is 0 Å². The summed E-state index contributed by atoms with van der Waals surface area (Å²) in [7, 11) is 0. The van der Waals surface area contributed by atoms with Gasteiger partial charge in [-0.2, -0.15) is 0 Å². The minimum atomic E-state index is -1.13. The van der Waals surface area contributed by atoms with Gasteiger partial charge in [-0.05, 0) is 40.5 Å². The Kier molecular flexibility index (Phi) is 4.22. The van der Waals surface area contributed by atoms with Gasteiger partial charge in [-0.1, -0.05) is 30.3 Å². The summed E-state index contributed by atoms with van der Waals surface area (Å²) in [6.07, 6.45) is 0. The van der Waals surface area contributed by atoms with Crippen LogP contribution in [0.15, 0.2) is 53.0 Å². The largest absolute Gasteiger partial charge is 0.489 e. The summed E-state index contributed by atoms with van der Waals surface area (Å²) >= 11 is 3.28. The SMILES string of the molecule is CC(O)(COc1cc(F)ccc1Br)c1ccccc1. The van der Waals surface area contributed by atoms with Crippen LogP contribution >= 0.6 is 15.9 Å². The van der Waals surface area contributed by atoms with Crippen LogP contribution in [0.5, 0.6) is 5.75 Å². The quantitative estimate of drug-likeness (QED) is 0.924. The highest BCUT2D eigenvalue weighted by atomic mass is 79.9. The third-order valence-electron chi connectivity index (χ3n) is 2.80. The third-order valence-corrected chi connectivity index (χ3v) is 3.45. The van der Waals surface area contributed by atoms with Gasteiger partial charge in [0.05, 0.1) is 4.47 Å². The van der Waals surface area contributed by atoms with Crippen molar-refractivity contribution in [3.8, 4) is 5.75 Å². The van der Waals surface area contributed by atoms with Gasteiger partial charge in [0, 0.05) is 6.07 Å². The molecule has 2 aromatic carbocycles. The Morgan fingerprint density at radius 1 is 1.21 bits per heavy atom. The molecule has 0 fully saturated rings. The molecular formula is C15H14BrFO2. The number of ether oxygens (including phenoxy) is 1. The van der Waals surface area contributed by atoms with Crippen molar-refractivity contribution in [2.24, 2.45) is 0 Å². The average Bonchev–Trinajstić information content (AvgIpc) is 2.41. The van der Waals surface area contributed by atoms with Gasteiger partial charge < -0.3 is 9.84 Å². The molecule has 0 aromatic heterocycles. The maximum Gasteiger partial charge on any atom is 0.136 e. The Balaban J connectivity index is 2.12. The zero-order valence-corrected chi connectivity index (χ0v) is 12.0. The monoisotopic (exact) mass is 324 g/mol. The van der Waals surface area contributed by atoms with Crippen molar-refractivity contribution in [1.82, 2.24) is 0 Å². The molecule has 0 aliphatic heterocycles. The molecule has 0 saturated carbocycles. The van der Waals surface area contributed by atoms with Crippen LogP contribution in [0.3, 0.4) is 0 Å². The topological polar surface area (TPSA) is 29.5 Å². The molecule has 2 aromatic rings. The van der Waals surface area contributed by atoms with Crippen molar-refractivity contribution >= 4 is 15.9 Å². The summed E-state index contributed by atoms with van der Waals surface area (Å²) in [6, 6.07) is 13.4. The zero-order valence-electron chi connectivity index (χ0n) is 10.4. The Morgan fingerprint density at radius 3 is 2.58 bits per heavy atom. The molecule has 0 bridgehead atoms. The Bertz CT molecular complexity index is 555. The molecule has 0 spiro atoms. The molecule has 1 unspecified atom stereocenters. The third kappa shape index (κ3) is 3.55. The minimum Gasteiger partial charge on any atom is -0.489 e. The molecular weight excluding hydrogens is 311 g/mol. The molecule has 0 heterocycles. The van der Waals surface area contributed by atoms with E-state index >= 15 is 0 Å². The number of benzene rings is 2. The van der Waals surface area contributed by atoms with E-state index in [1.165, 1.54) is 12.1 Å². The van der Waals surface area contributed by atoms with E-state index in [2.05, 4.69) is 15.9 Å². The lowest BCUT2D eigenvalue weighted by Gasteiger charge is -2.24. The van der Waals surface area contributed by atoms with Crippen molar-refractivity contribution in [3.05, 3.63) is 64.4 Å². The van der Waals surface area contributed by atoms with E-state index in [9.17, 15) is 9.50 Å². The first-order valence-corrected chi connectivity index (χ1v) is 6.64. The fourth-order valence-corrected chi connectivity index (χ4v) is 2.05. The molecule has 4 heteroatoms. The Morgan fingerprint density at radius 2 is 1.89 bits per heavy atom. The molecule has 2 rings (SSSR count). The van der Waals surface area contributed by atoms with Gasteiger partial charge in [-0.3, -0.25) is 0 Å². The van der Waals surface area contributed by atoms with Gasteiger partial charge in [0.25, 0.3) is 0 Å². The van der Waals surface area contributed by atoms with Crippen molar-refractivity contribution in [1.29, 1.82) is 0 Å². The predicted octanol–water partition coefficient (Wildman–Crippen LogP) is 3.87. The van der Waals surface area contributed by atoms with Crippen molar-refractivity contribution in [3.63, 3.8) is 0 Å². The molecule has 0 saturated heterocycles. The van der Waals surface area contributed by atoms with Crippen LogP contribution in [0.25, 0.3) is 0 Å². The number of halogens is 2. The summed E-state index contributed by atoms with van der Waals surface area (Å²) in [6.45, 7) is 1.70. The van der Waals surface area contributed by atoms with Gasteiger partial charge in [0.1, 0.15) is 23.8 Å². The van der Waals surface area contributed by atoms with Gasteiger partial charge in [0.15, 0.2) is 0 Å². The minimum absolute atomic E-state index is 0.0407. The summed E-state index contributed by atoms with van der Waals surface area (Å²) in [5.41, 5.74) is -0.380. The molecule has 1 atom stereocenters. The molecule has 0 aliphatic carbocycles. The summed E-state index contributed by atoms with van der Waals surface area (Å²) < 4.78 is 19.3. The highest BCUT2D eigenvalue weighted by Crippen LogP contribution is 2.28. The second-order valence-electron chi connectivity index (χ2n) is 4.50. The van der Waals surface area contributed by atoms with Crippen LogP contribution in [0.1, 0.15) is 12.5 Å². The molecule has 19 heavy (non-hydrogen) atoms. The first-order valence-electron chi connectivity index (χ1n) is 5.85. The van der Waals surface area contributed by atoms with E-state index in [0.29, 0.717) is 10.2 Å². The summed E-state index contributed by atoms with van der Waals surface area (Å²) in [4.78, 5) is 0. The van der Waals surface area contributed by atoms with E-state index in [1.54, 1.807) is 13.0 Å². The van der Waals surface area contributed by atoms with E-state index in [0.717, 1.165) is 5.56 Å². The van der Waals surface area contributed by atoms with Crippen LogP contribution in [0.2, 0.25) is 0 Å². The number of rotatable bonds is 4. The lowest BCUT2D eigenvalue weighted by molar-refractivity contribution is 0.00725. The maximum atomic E-state index is 13.1. The fourth-order valence-electron chi connectivity index (χ4n) is 1.69. The average molecular weight is 325 g/mol. The van der Waals surface area contributed by atoms with Crippen molar-refractivity contribution in [2.45, 2.75) is 12.5 Å². The highest BCUT2D eigenvalue weighted by Gasteiger charge is 2.24. The van der Waals surface area contributed by atoms with Crippen molar-refractivity contribution in [2.75, 3.05) is 6.61 Å². The van der Waals surface area contributed by atoms with Gasteiger partial charge >= 0.3 is 0 Å². The second kappa shape index (κ2) is 5.72. The van der Waals surface area contributed by atoms with E-state index < -0.39 is 5.60 Å². The van der Waals surface area contributed by atoms with Crippen LogP contribution in [0, 0.1) is 5.82 Å². The van der Waals surface area contributed by atoms with Crippen molar-refractivity contribution < 1.29 is 14.2 Å². The van der Waals surface area contributed by atoms with Crippen LogP contribution in [0.4, 0.5) is 4.39 Å². The summed E-state index contributed by atoms with van der Waals surface area (Å²) in [5.74, 6) is -0.00578.